The minimum Gasteiger partial charge on any atom is -0.462 e. The van der Waals surface area contributed by atoms with Gasteiger partial charge >= 0.3 is 5.97 Å². The maximum absolute atomic E-state index is 12.7. The number of esters is 1. The van der Waals surface area contributed by atoms with Crippen molar-refractivity contribution in [3.63, 3.8) is 0 Å². The summed E-state index contributed by atoms with van der Waals surface area (Å²) in [6.07, 6.45) is 0. The quantitative estimate of drug-likeness (QED) is 0.502. The molecule has 8 heteroatoms. The van der Waals surface area contributed by atoms with Gasteiger partial charge in [-0.25, -0.2) is 14.3 Å². The van der Waals surface area contributed by atoms with Gasteiger partial charge in [0, 0.05) is 17.4 Å². The summed E-state index contributed by atoms with van der Waals surface area (Å²) in [5.74, 6) is -0.728. The summed E-state index contributed by atoms with van der Waals surface area (Å²) >= 11 is 1.60. The molecule has 7 nitrogen and oxygen atoms in total. The Hall–Kier alpha value is -3.52. The van der Waals surface area contributed by atoms with E-state index >= 15 is 0 Å². The lowest BCUT2D eigenvalue weighted by Crippen LogP contribution is -2.15. The van der Waals surface area contributed by atoms with Gasteiger partial charge in [0.25, 0.3) is 5.91 Å². The number of aryl methyl sites for hydroxylation is 1. The molecule has 4 rings (SSSR count). The number of hydrogen-bond acceptors (Lipinski definition) is 6. The predicted molar refractivity (Wildman–Crippen MR) is 111 cm³/mol. The molecule has 0 aliphatic rings. The number of fused-ring (bicyclic) bond motifs is 1. The zero-order valence-corrected chi connectivity index (χ0v) is 16.7. The topological polar surface area (TPSA) is 85.6 Å². The first-order chi connectivity index (χ1) is 14.0. The molecule has 0 unspecified atom stereocenters. The maximum atomic E-state index is 12.7. The Morgan fingerprint density at radius 2 is 1.97 bits per heavy atom. The fraction of sp³-hybridized carbons (Fsp3) is 0.143. The second-order valence-electron chi connectivity index (χ2n) is 6.31. The van der Waals surface area contributed by atoms with E-state index in [1.165, 1.54) is 0 Å². The van der Waals surface area contributed by atoms with Crippen molar-refractivity contribution in [3.05, 3.63) is 70.9 Å². The van der Waals surface area contributed by atoms with Crippen molar-refractivity contribution < 1.29 is 14.3 Å². The van der Waals surface area contributed by atoms with Crippen LogP contribution < -0.4 is 5.32 Å². The Labute approximate surface area is 171 Å². The maximum Gasteiger partial charge on any atom is 0.338 e. The second kappa shape index (κ2) is 7.84. The molecule has 3 aromatic heterocycles. The number of thiophene rings is 1. The summed E-state index contributed by atoms with van der Waals surface area (Å²) in [5, 5.41) is 9.36. The van der Waals surface area contributed by atoms with E-state index in [-0.39, 0.29) is 5.91 Å². The van der Waals surface area contributed by atoms with E-state index in [4.69, 9.17) is 4.74 Å². The minimum atomic E-state index is -0.393. The van der Waals surface area contributed by atoms with Crippen molar-refractivity contribution in [2.45, 2.75) is 13.8 Å². The summed E-state index contributed by atoms with van der Waals surface area (Å²) < 4.78 is 6.68. The number of nitrogens with zero attached hydrogens (tertiary/aromatic N) is 3. The van der Waals surface area contributed by atoms with Crippen molar-refractivity contribution in [3.8, 4) is 10.6 Å². The van der Waals surface area contributed by atoms with E-state index in [1.807, 2.05) is 30.5 Å². The average molecular weight is 406 g/mol. The Bertz CT molecular complexity index is 1180. The summed E-state index contributed by atoms with van der Waals surface area (Å²) in [4.78, 5) is 29.9. The van der Waals surface area contributed by atoms with Crippen LogP contribution in [0.25, 0.3) is 16.2 Å². The lowest BCUT2D eigenvalue weighted by Gasteiger charge is -2.07. The molecule has 3 heterocycles. The molecule has 1 amide bonds. The number of anilines is 1. The molecule has 0 saturated carbocycles. The van der Waals surface area contributed by atoms with Gasteiger partial charge in [0.2, 0.25) is 0 Å². The summed E-state index contributed by atoms with van der Waals surface area (Å²) in [6, 6.07) is 14.1. The Morgan fingerprint density at radius 1 is 1.17 bits per heavy atom. The molecule has 0 atom stereocenters. The number of nitrogens with one attached hydrogen (secondary N) is 1. The number of carbonyl (C=O) groups is 2. The number of benzene rings is 1. The molecule has 1 aromatic carbocycles. The molecular weight excluding hydrogens is 388 g/mol. The highest BCUT2D eigenvalue weighted by Gasteiger charge is 2.14. The molecule has 0 fully saturated rings. The van der Waals surface area contributed by atoms with Gasteiger partial charge in [-0.05, 0) is 55.6 Å². The van der Waals surface area contributed by atoms with E-state index in [0.29, 0.717) is 29.2 Å². The third-order valence-corrected chi connectivity index (χ3v) is 5.16. The Balaban J connectivity index is 1.56. The smallest absolute Gasteiger partial charge is 0.338 e. The highest BCUT2D eigenvalue weighted by Crippen LogP contribution is 2.24. The van der Waals surface area contributed by atoms with Crippen LogP contribution in [0, 0.1) is 6.92 Å². The first kappa shape index (κ1) is 18.8. The molecule has 0 aliphatic carbocycles. The molecule has 4 aromatic rings. The fourth-order valence-corrected chi connectivity index (χ4v) is 3.57. The Kier molecular flexibility index (Phi) is 5.09. The van der Waals surface area contributed by atoms with Gasteiger partial charge in [-0.1, -0.05) is 6.07 Å². The zero-order valence-electron chi connectivity index (χ0n) is 15.9. The van der Waals surface area contributed by atoms with Gasteiger partial charge in [-0.3, -0.25) is 4.79 Å². The molecule has 146 valence electrons. The van der Waals surface area contributed by atoms with Crippen molar-refractivity contribution in [2.24, 2.45) is 0 Å². The van der Waals surface area contributed by atoms with Crippen LogP contribution in [-0.4, -0.2) is 33.1 Å². The standard InChI is InChI=1S/C21H18N4O3S/c1-3-28-21(27)14-6-8-15(9-7-14)22-20(26)17-11-13(2)25-19(23-17)12-16(24-25)18-5-4-10-29-18/h4-12H,3H2,1-2H3,(H,22,26). The largest absolute Gasteiger partial charge is 0.462 e. The third kappa shape index (κ3) is 3.88. The third-order valence-electron chi connectivity index (χ3n) is 4.27. The molecule has 0 saturated heterocycles. The predicted octanol–water partition coefficient (Wildman–Crippen LogP) is 4.20. The molecule has 1 N–H and O–H groups in total. The van der Waals surface area contributed by atoms with Crippen LogP contribution in [0.3, 0.4) is 0 Å². The zero-order chi connectivity index (χ0) is 20.4. The number of carbonyl (C=O) groups excluding carboxylic acids is 2. The second-order valence-corrected chi connectivity index (χ2v) is 7.26. The lowest BCUT2D eigenvalue weighted by atomic mass is 10.2. The van der Waals surface area contributed by atoms with Crippen LogP contribution in [0.1, 0.15) is 33.5 Å². The highest BCUT2D eigenvalue weighted by atomic mass is 32.1. The summed E-state index contributed by atoms with van der Waals surface area (Å²) in [5.41, 5.74) is 3.53. The first-order valence-corrected chi connectivity index (χ1v) is 9.93. The fourth-order valence-electron chi connectivity index (χ4n) is 2.89. The van der Waals surface area contributed by atoms with Gasteiger partial charge in [0.1, 0.15) is 11.4 Å². The van der Waals surface area contributed by atoms with Gasteiger partial charge in [0.15, 0.2) is 5.65 Å². The number of rotatable bonds is 5. The van der Waals surface area contributed by atoms with Crippen molar-refractivity contribution in [2.75, 3.05) is 11.9 Å². The van der Waals surface area contributed by atoms with E-state index in [1.54, 1.807) is 53.1 Å². The van der Waals surface area contributed by atoms with E-state index < -0.39 is 5.97 Å². The molecular formula is C21H18N4O3S. The van der Waals surface area contributed by atoms with E-state index in [2.05, 4.69) is 15.4 Å². The SMILES string of the molecule is CCOC(=O)c1ccc(NC(=O)c2cc(C)n3nc(-c4cccs4)cc3n2)cc1. The number of amides is 1. The molecule has 0 aliphatic heterocycles. The van der Waals surface area contributed by atoms with Crippen LogP contribution in [0.2, 0.25) is 0 Å². The van der Waals surface area contributed by atoms with Gasteiger partial charge in [-0.2, -0.15) is 5.10 Å². The normalized spacial score (nSPS) is 10.8. The van der Waals surface area contributed by atoms with Crippen molar-refractivity contribution in [1.82, 2.24) is 14.6 Å². The van der Waals surface area contributed by atoms with Gasteiger partial charge < -0.3 is 10.1 Å². The minimum absolute atomic E-state index is 0.294. The first-order valence-electron chi connectivity index (χ1n) is 9.05. The van der Waals surface area contributed by atoms with E-state index in [9.17, 15) is 9.59 Å². The molecule has 0 bridgehead atoms. The lowest BCUT2D eigenvalue weighted by molar-refractivity contribution is 0.0526. The molecule has 29 heavy (non-hydrogen) atoms. The van der Waals surface area contributed by atoms with E-state index in [0.717, 1.165) is 16.3 Å². The van der Waals surface area contributed by atoms with Crippen molar-refractivity contribution in [1.29, 1.82) is 0 Å². The molecule has 0 radical (unpaired) electrons. The van der Waals surface area contributed by atoms with Gasteiger partial charge in [-0.15, -0.1) is 11.3 Å². The van der Waals surface area contributed by atoms with Crippen LogP contribution in [0.15, 0.2) is 53.9 Å². The summed E-state index contributed by atoms with van der Waals surface area (Å²) in [7, 11) is 0. The number of ether oxygens (including phenoxy) is 1. The van der Waals surface area contributed by atoms with Crippen LogP contribution in [0.5, 0.6) is 0 Å². The number of aromatic nitrogens is 3. The summed E-state index contributed by atoms with van der Waals surface area (Å²) in [6.45, 7) is 3.95. The van der Waals surface area contributed by atoms with Gasteiger partial charge in [0.05, 0.1) is 17.0 Å². The van der Waals surface area contributed by atoms with Crippen molar-refractivity contribution >= 4 is 34.5 Å². The Morgan fingerprint density at radius 3 is 2.66 bits per heavy atom. The van der Waals surface area contributed by atoms with Crippen LogP contribution in [-0.2, 0) is 4.74 Å². The number of hydrogen-bond donors (Lipinski definition) is 1. The average Bonchev–Trinajstić information content (AvgIpc) is 3.38. The van der Waals surface area contributed by atoms with Crippen LogP contribution >= 0.6 is 11.3 Å². The van der Waals surface area contributed by atoms with Crippen LogP contribution in [0.4, 0.5) is 5.69 Å². The highest BCUT2D eigenvalue weighted by molar-refractivity contribution is 7.13. The molecule has 0 spiro atoms. The monoisotopic (exact) mass is 406 g/mol.